The second kappa shape index (κ2) is 10.6. The molecule has 1 amide bonds. The number of thiophene rings is 1. The van der Waals surface area contributed by atoms with Gasteiger partial charge in [0, 0.05) is 16.6 Å². The number of amides is 1. The highest BCUT2D eigenvalue weighted by atomic mass is 32.1. The van der Waals surface area contributed by atoms with E-state index in [1.54, 1.807) is 35.8 Å². The molecule has 0 unspecified atom stereocenters. The number of rotatable bonds is 6. The quantitative estimate of drug-likeness (QED) is 0.151. The minimum atomic E-state index is -0.405. The van der Waals surface area contributed by atoms with Crippen molar-refractivity contribution in [3.8, 4) is 11.3 Å². The molecule has 0 saturated carbocycles. The number of carbonyl (C=O) groups is 1. The zero-order chi connectivity index (χ0) is 27.7. The standard InChI is InChI=1S/C31H31N3O4S/c1-19-10-13-23(25(16-19)34(36)37)26-15-12-22(38-26)18-32-30-28(29(35)33-21-8-6-5-7-9-21)24-14-11-20(31(2,3)4)17-27(24)39-30/h5-10,12-13,15-16,18,20H,11,14,17H2,1-4H3,(H,33,35)/t20-/m0/s1. The van der Waals surface area contributed by atoms with E-state index in [1.165, 1.54) is 10.9 Å². The minimum absolute atomic E-state index is 0.00737. The van der Waals surface area contributed by atoms with Gasteiger partial charge in [-0.3, -0.25) is 14.9 Å². The Morgan fingerprint density at radius 3 is 2.64 bits per heavy atom. The SMILES string of the molecule is Cc1ccc(-c2ccc(C=Nc3sc4c(c3C(=O)Nc3ccccc3)CC[C@H](C(C)(C)C)C4)o2)c([N+](=O)[O-])c1. The molecule has 0 saturated heterocycles. The Labute approximate surface area is 231 Å². The molecule has 7 nitrogen and oxygen atoms in total. The maximum absolute atomic E-state index is 13.5. The van der Waals surface area contributed by atoms with Gasteiger partial charge in [0.25, 0.3) is 11.6 Å². The summed E-state index contributed by atoms with van der Waals surface area (Å²) in [6.45, 7) is 8.62. The molecule has 0 bridgehead atoms. The number of fused-ring (bicyclic) bond motifs is 1. The predicted octanol–water partition coefficient (Wildman–Crippen LogP) is 8.38. The predicted molar refractivity (Wildman–Crippen MR) is 156 cm³/mol. The Morgan fingerprint density at radius 2 is 1.92 bits per heavy atom. The second-order valence-electron chi connectivity index (χ2n) is 11.0. The lowest BCUT2D eigenvalue weighted by molar-refractivity contribution is -0.384. The third-order valence-electron chi connectivity index (χ3n) is 7.28. The summed E-state index contributed by atoms with van der Waals surface area (Å²) in [4.78, 5) is 30.6. The van der Waals surface area contributed by atoms with E-state index in [1.807, 2.05) is 43.3 Å². The fourth-order valence-corrected chi connectivity index (χ4v) is 6.31. The summed E-state index contributed by atoms with van der Waals surface area (Å²) >= 11 is 1.56. The molecule has 2 heterocycles. The Kier molecular flexibility index (Phi) is 7.23. The van der Waals surface area contributed by atoms with Crippen molar-refractivity contribution in [1.82, 2.24) is 0 Å². The van der Waals surface area contributed by atoms with Gasteiger partial charge in [0.1, 0.15) is 16.5 Å². The fraction of sp³-hybridized carbons (Fsp3) is 0.290. The first-order valence-electron chi connectivity index (χ1n) is 13.0. The third-order valence-corrected chi connectivity index (χ3v) is 8.44. The number of carbonyl (C=O) groups excluding carboxylic acids is 1. The fourth-order valence-electron chi connectivity index (χ4n) is 5.04. The van der Waals surface area contributed by atoms with Crippen molar-refractivity contribution in [2.75, 3.05) is 5.32 Å². The Morgan fingerprint density at radius 1 is 1.15 bits per heavy atom. The van der Waals surface area contributed by atoms with Crippen molar-refractivity contribution in [3.05, 3.63) is 98.1 Å². The van der Waals surface area contributed by atoms with E-state index < -0.39 is 4.92 Å². The molecule has 0 spiro atoms. The van der Waals surface area contributed by atoms with Gasteiger partial charge in [-0.2, -0.15) is 0 Å². The van der Waals surface area contributed by atoms with E-state index in [0.29, 0.717) is 33.6 Å². The number of anilines is 1. The van der Waals surface area contributed by atoms with Crippen LogP contribution in [-0.4, -0.2) is 17.0 Å². The first kappa shape index (κ1) is 26.6. The van der Waals surface area contributed by atoms with Gasteiger partial charge in [0.2, 0.25) is 0 Å². The van der Waals surface area contributed by atoms with Crippen molar-refractivity contribution >= 4 is 39.8 Å². The molecule has 2 aromatic heterocycles. The smallest absolute Gasteiger partial charge is 0.280 e. The zero-order valence-electron chi connectivity index (χ0n) is 22.5. The van der Waals surface area contributed by atoms with Crippen LogP contribution in [0.4, 0.5) is 16.4 Å². The summed E-state index contributed by atoms with van der Waals surface area (Å²) in [6.07, 6.45) is 4.37. The summed E-state index contributed by atoms with van der Waals surface area (Å²) in [6, 6.07) is 17.9. The van der Waals surface area contributed by atoms with E-state index in [4.69, 9.17) is 9.41 Å². The number of hydrogen-bond donors (Lipinski definition) is 1. The van der Waals surface area contributed by atoms with Crippen LogP contribution in [0.15, 0.2) is 70.1 Å². The number of hydrogen-bond acceptors (Lipinski definition) is 6. The van der Waals surface area contributed by atoms with Crippen LogP contribution in [0.5, 0.6) is 0 Å². The highest BCUT2D eigenvalue weighted by Gasteiger charge is 2.33. The molecule has 1 atom stereocenters. The van der Waals surface area contributed by atoms with Crippen LogP contribution in [0.3, 0.4) is 0 Å². The summed E-state index contributed by atoms with van der Waals surface area (Å²) in [5.74, 6) is 1.20. The average molecular weight is 542 g/mol. The molecule has 5 rings (SSSR count). The van der Waals surface area contributed by atoms with Crippen molar-refractivity contribution in [3.63, 3.8) is 0 Å². The molecule has 2 aromatic carbocycles. The van der Waals surface area contributed by atoms with Crippen LogP contribution < -0.4 is 5.32 Å². The summed E-state index contributed by atoms with van der Waals surface area (Å²) in [5, 5.41) is 15.2. The molecule has 0 radical (unpaired) electrons. The molecule has 0 aliphatic heterocycles. The molecule has 8 heteroatoms. The topological polar surface area (TPSA) is 97.7 Å². The monoisotopic (exact) mass is 541 g/mol. The van der Waals surface area contributed by atoms with Crippen molar-refractivity contribution < 1.29 is 14.1 Å². The highest BCUT2D eigenvalue weighted by molar-refractivity contribution is 7.16. The van der Waals surface area contributed by atoms with Crippen LogP contribution in [0, 0.1) is 28.4 Å². The molecular formula is C31H31N3O4S. The lowest BCUT2D eigenvalue weighted by Crippen LogP contribution is -2.27. The van der Waals surface area contributed by atoms with E-state index in [-0.39, 0.29) is 17.0 Å². The van der Waals surface area contributed by atoms with Gasteiger partial charge < -0.3 is 9.73 Å². The molecule has 200 valence electrons. The maximum Gasteiger partial charge on any atom is 0.280 e. The molecule has 1 N–H and O–H groups in total. The lowest BCUT2D eigenvalue weighted by Gasteiger charge is -2.33. The summed E-state index contributed by atoms with van der Waals surface area (Å²) < 4.78 is 5.93. The van der Waals surface area contributed by atoms with Gasteiger partial charge in [-0.1, -0.05) is 45.0 Å². The van der Waals surface area contributed by atoms with Gasteiger partial charge in [-0.15, -0.1) is 11.3 Å². The first-order chi connectivity index (χ1) is 18.6. The van der Waals surface area contributed by atoms with Gasteiger partial charge in [-0.05, 0) is 79.0 Å². The van der Waals surface area contributed by atoms with Crippen LogP contribution in [0.1, 0.15) is 59.3 Å². The number of aliphatic imine (C=N–C) groups is 1. The Balaban J connectivity index is 1.48. The number of aryl methyl sites for hydroxylation is 1. The van der Waals surface area contributed by atoms with Gasteiger partial charge >= 0.3 is 0 Å². The number of benzene rings is 2. The molecule has 39 heavy (non-hydrogen) atoms. The zero-order valence-corrected chi connectivity index (χ0v) is 23.3. The number of nitrogens with zero attached hydrogens (tertiary/aromatic N) is 2. The van der Waals surface area contributed by atoms with Crippen LogP contribution in [0.2, 0.25) is 0 Å². The highest BCUT2D eigenvalue weighted by Crippen LogP contribution is 2.45. The molecule has 0 fully saturated rings. The third kappa shape index (κ3) is 5.71. The van der Waals surface area contributed by atoms with E-state index in [2.05, 4.69) is 26.1 Å². The number of nitrogens with one attached hydrogen (secondary N) is 1. The van der Waals surface area contributed by atoms with Crippen molar-refractivity contribution in [2.45, 2.75) is 47.0 Å². The second-order valence-corrected chi connectivity index (χ2v) is 12.1. The minimum Gasteiger partial charge on any atom is -0.455 e. The van der Waals surface area contributed by atoms with E-state index in [0.717, 1.165) is 36.1 Å². The Hall–Kier alpha value is -4.04. The molecular weight excluding hydrogens is 510 g/mol. The van der Waals surface area contributed by atoms with Gasteiger partial charge in [0.05, 0.1) is 22.3 Å². The van der Waals surface area contributed by atoms with Crippen molar-refractivity contribution in [1.29, 1.82) is 0 Å². The summed E-state index contributed by atoms with van der Waals surface area (Å²) in [5.41, 5.74) is 3.81. The van der Waals surface area contributed by atoms with Gasteiger partial charge in [0.15, 0.2) is 0 Å². The Bertz CT molecular complexity index is 1560. The summed E-state index contributed by atoms with van der Waals surface area (Å²) in [7, 11) is 0. The number of para-hydroxylation sites is 1. The molecule has 4 aromatic rings. The van der Waals surface area contributed by atoms with E-state index in [9.17, 15) is 14.9 Å². The van der Waals surface area contributed by atoms with Crippen LogP contribution >= 0.6 is 11.3 Å². The van der Waals surface area contributed by atoms with Gasteiger partial charge in [-0.25, -0.2) is 4.99 Å². The number of nitro groups is 1. The number of furan rings is 1. The van der Waals surface area contributed by atoms with Crippen LogP contribution in [-0.2, 0) is 12.8 Å². The largest absolute Gasteiger partial charge is 0.455 e. The average Bonchev–Trinajstić information content (AvgIpc) is 3.51. The maximum atomic E-state index is 13.5. The number of nitro benzene ring substituents is 1. The first-order valence-corrected chi connectivity index (χ1v) is 13.8. The normalized spacial score (nSPS) is 15.3. The molecule has 1 aliphatic carbocycles. The van der Waals surface area contributed by atoms with Crippen LogP contribution in [0.25, 0.3) is 11.3 Å². The van der Waals surface area contributed by atoms with E-state index >= 15 is 0 Å². The lowest BCUT2D eigenvalue weighted by atomic mass is 9.72. The molecule has 1 aliphatic rings. The van der Waals surface area contributed by atoms with Crippen molar-refractivity contribution in [2.24, 2.45) is 16.3 Å².